The molecule has 0 aromatic heterocycles. The van der Waals surface area contributed by atoms with Crippen molar-refractivity contribution in [3.05, 3.63) is 29.8 Å². The standard InChI is InChI=1S/C32H50N2O8/c1-25(32(41)42)16-14-15-23-33-31(40)26-19-21-27(22-20-26)34(24-30(38)39)28(35)17-12-10-8-6-4-2-3-5-7-9-11-13-18-29(36)37/h19-22,25H,2-18,23-24H2,1H3,(H,33,40)(H,36,37)(H,38,39)(H,41,42)/t25-/m0/s1. The first-order chi connectivity index (χ1) is 20.1. The van der Waals surface area contributed by atoms with Crippen LogP contribution in [0.1, 0.15) is 126 Å². The van der Waals surface area contributed by atoms with Gasteiger partial charge in [-0.1, -0.05) is 77.6 Å². The molecule has 1 atom stereocenters. The van der Waals surface area contributed by atoms with Crippen molar-refractivity contribution in [1.82, 2.24) is 5.32 Å². The fraction of sp³-hybridized carbons (Fsp3) is 0.656. The molecule has 0 aliphatic carbocycles. The van der Waals surface area contributed by atoms with Gasteiger partial charge in [-0.2, -0.15) is 0 Å². The van der Waals surface area contributed by atoms with Gasteiger partial charge in [0.1, 0.15) is 6.54 Å². The summed E-state index contributed by atoms with van der Waals surface area (Å²) in [5.74, 6) is -3.60. The quantitative estimate of drug-likeness (QED) is 0.0969. The minimum Gasteiger partial charge on any atom is -0.481 e. The molecule has 0 unspecified atom stereocenters. The van der Waals surface area contributed by atoms with Crippen LogP contribution >= 0.6 is 0 Å². The SMILES string of the molecule is C[C@@H](CCCCNC(=O)c1ccc(N(CC(=O)O)C(=O)CCCCCCCCCCCCCCC(=O)O)cc1)C(=O)O. The molecular weight excluding hydrogens is 540 g/mol. The second kappa shape index (κ2) is 22.2. The van der Waals surface area contributed by atoms with Crippen molar-refractivity contribution in [2.45, 2.75) is 116 Å². The summed E-state index contributed by atoms with van der Waals surface area (Å²) in [6.07, 6.45) is 14.9. The highest BCUT2D eigenvalue weighted by molar-refractivity contribution is 5.98. The van der Waals surface area contributed by atoms with E-state index in [9.17, 15) is 29.1 Å². The molecule has 0 saturated carbocycles. The fourth-order valence-corrected chi connectivity index (χ4v) is 4.71. The van der Waals surface area contributed by atoms with Crippen LogP contribution in [0.4, 0.5) is 5.69 Å². The molecule has 0 bridgehead atoms. The van der Waals surface area contributed by atoms with Gasteiger partial charge in [0.05, 0.1) is 5.92 Å². The summed E-state index contributed by atoms with van der Waals surface area (Å²) in [5, 5.41) is 29.7. The Kier molecular flexibility index (Phi) is 19.3. The number of nitrogens with zero attached hydrogens (tertiary/aromatic N) is 1. The van der Waals surface area contributed by atoms with Gasteiger partial charge < -0.3 is 25.5 Å². The molecule has 0 heterocycles. The van der Waals surface area contributed by atoms with Crippen molar-refractivity contribution in [3.8, 4) is 0 Å². The van der Waals surface area contributed by atoms with Gasteiger partial charge in [-0.3, -0.25) is 24.0 Å². The van der Waals surface area contributed by atoms with E-state index < -0.39 is 30.4 Å². The molecule has 0 radical (unpaired) electrons. The van der Waals surface area contributed by atoms with Gasteiger partial charge in [-0.15, -0.1) is 0 Å². The van der Waals surface area contributed by atoms with E-state index in [2.05, 4.69) is 5.32 Å². The Balaban J connectivity index is 2.30. The lowest BCUT2D eigenvalue weighted by Crippen LogP contribution is -2.35. The molecule has 10 nitrogen and oxygen atoms in total. The fourth-order valence-electron chi connectivity index (χ4n) is 4.71. The number of carboxylic acids is 3. The molecule has 10 heteroatoms. The van der Waals surface area contributed by atoms with Crippen LogP contribution in [0.5, 0.6) is 0 Å². The summed E-state index contributed by atoms with van der Waals surface area (Å²) in [6, 6.07) is 6.30. The van der Waals surface area contributed by atoms with Crippen molar-refractivity contribution >= 4 is 35.4 Å². The molecule has 0 fully saturated rings. The highest BCUT2D eigenvalue weighted by atomic mass is 16.4. The largest absolute Gasteiger partial charge is 0.481 e. The van der Waals surface area contributed by atoms with Crippen molar-refractivity contribution in [2.75, 3.05) is 18.0 Å². The Morgan fingerprint density at radius 3 is 1.64 bits per heavy atom. The number of carbonyl (C=O) groups excluding carboxylic acids is 2. The van der Waals surface area contributed by atoms with Crippen LogP contribution in [0, 0.1) is 5.92 Å². The number of hydrogen-bond donors (Lipinski definition) is 4. The third-order valence-electron chi connectivity index (χ3n) is 7.34. The first kappa shape index (κ1) is 36.6. The van der Waals surface area contributed by atoms with E-state index in [0.29, 0.717) is 43.5 Å². The normalized spacial score (nSPS) is 11.5. The second-order valence-electron chi connectivity index (χ2n) is 11.0. The lowest BCUT2D eigenvalue weighted by atomic mass is 10.0. The summed E-state index contributed by atoms with van der Waals surface area (Å²) >= 11 is 0. The van der Waals surface area contributed by atoms with Gasteiger partial charge in [0.15, 0.2) is 0 Å². The molecule has 0 aliphatic heterocycles. The molecule has 4 N–H and O–H groups in total. The Morgan fingerprint density at radius 1 is 0.667 bits per heavy atom. The number of unbranched alkanes of at least 4 members (excludes halogenated alkanes) is 12. The molecule has 0 spiro atoms. The molecule has 1 aromatic carbocycles. The zero-order valence-corrected chi connectivity index (χ0v) is 25.2. The smallest absolute Gasteiger partial charge is 0.323 e. The molecule has 0 aliphatic rings. The molecule has 42 heavy (non-hydrogen) atoms. The summed E-state index contributed by atoms with van der Waals surface area (Å²) < 4.78 is 0. The predicted octanol–water partition coefficient (Wildman–Crippen LogP) is 6.27. The lowest BCUT2D eigenvalue weighted by molar-refractivity contribution is -0.141. The van der Waals surface area contributed by atoms with Crippen LogP contribution in [-0.2, 0) is 19.2 Å². The van der Waals surface area contributed by atoms with Crippen molar-refractivity contribution in [1.29, 1.82) is 0 Å². The third-order valence-corrected chi connectivity index (χ3v) is 7.34. The number of anilines is 1. The van der Waals surface area contributed by atoms with Crippen LogP contribution in [0.15, 0.2) is 24.3 Å². The summed E-state index contributed by atoms with van der Waals surface area (Å²) in [7, 11) is 0. The van der Waals surface area contributed by atoms with Crippen molar-refractivity contribution in [2.24, 2.45) is 5.92 Å². The average molecular weight is 591 g/mol. The van der Waals surface area contributed by atoms with Crippen LogP contribution in [-0.4, -0.2) is 58.1 Å². The van der Waals surface area contributed by atoms with E-state index in [0.717, 1.165) is 51.4 Å². The first-order valence-electron chi connectivity index (χ1n) is 15.5. The van der Waals surface area contributed by atoms with E-state index in [1.54, 1.807) is 31.2 Å². The maximum absolute atomic E-state index is 12.8. The zero-order chi connectivity index (χ0) is 31.2. The van der Waals surface area contributed by atoms with E-state index in [4.69, 9.17) is 10.2 Å². The molecule has 1 rings (SSSR count). The minimum atomic E-state index is -1.11. The average Bonchev–Trinajstić information content (AvgIpc) is 2.95. The van der Waals surface area contributed by atoms with Gasteiger partial charge in [0.2, 0.25) is 5.91 Å². The summed E-state index contributed by atoms with van der Waals surface area (Å²) in [4.78, 5) is 59.3. The monoisotopic (exact) mass is 590 g/mol. The Bertz CT molecular complexity index is 964. The van der Waals surface area contributed by atoms with Gasteiger partial charge >= 0.3 is 17.9 Å². The Labute approximate surface area is 249 Å². The number of benzene rings is 1. The molecule has 2 amide bonds. The molecule has 236 valence electrons. The maximum Gasteiger partial charge on any atom is 0.323 e. The number of carbonyl (C=O) groups is 5. The van der Waals surface area contributed by atoms with Crippen LogP contribution in [0.3, 0.4) is 0 Å². The van der Waals surface area contributed by atoms with E-state index in [1.165, 1.54) is 24.2 Å². The topological polar surface area (TPSA) is 161 Å². The van der Waals surface area contributed by atoms with Crippen molar-refractivity contribution in [3.63, 3.8) is 0 Å². The van der Waals surface area contributed by atoms with E-state index >= 15 is 0 Å². The Morgan fingerprint density at radius 2 is 1.17 bits per heavy atom. The number of carboxylic acid groups (broad SMARTS) is 3. The number of amides is 2. The second-order valence-corrected chi connectivity index (χ2v) is 11.0. The summed E-state index contributed by atoms with van der Waals surface area (Å²) in [6.45, 7) is 1.64. The van der Waals surface area contributed by atoms with Gasteiger partial charge in [0.25, 0.3) is 5.91 Å². The predicted molar refractivity (Wildman–Crippen MR) is 162 cm³/mol. The highest BCUT2D eigenvalue weighted by Crippen LogP contribution is 2.19. The number of hydrogen-bond acceptors (Lipinski definition) is 5. The summed E-state index contributed by atoms with van der Waals surface area (Å²) in [5.41, 5.74) is 0.833. The first-order valence-corrected chi connectivity index (χ1v) is 15.5. The molecule has 0 saturated heterocycles. The number of rotatable bonds is 25. The number of nitrogens with one attached hydrogen (secondary N) is 1. The van der Waals surface area contributed by atoms with Crippen LogP contribution in [0.2, 0.25) is 0 Å². The van der Waals surface area contributed by atoms with Crippen LogP contribution < -0.4 is 10.2 Å². The zero-order valence-electron chi connectivity index (χ0n) is 25.2. The Hall–Kier alpha value is -3.43. The van der Waals surface area contributed by atoms with Crippen molar-refractivity contribution < 1.29 is 39.3 Å². The highest BCUT2D eigenvalue weighted by Gasteiger charge is 2.19. The van der Waals surface area contributed by atoms with E-state index in [1.807, 2.05) is 0 Å². The van der Waals surface area contributed by atoms with Crippen LogP contribution in [0.25, 0.3) is 0 Å². The minimum absolute atomic E-state index is 0.256. The van der Waals surface area contributed by atoms with Gasteiger partial charge in [0, 0.05) is 30.6 Å². The lowest BCUT2D eigenvalue weighted by Gasteiger charge is -2.21. The number of aliphatic carboxylic acids is 3. The van der Waals surface area contributed by atoms with Gasteiger partial charge in [-0.05, 0) is 49.9 Å². The third kappa shape index (κ3) is 17.4. The van der Waals surface area contributed by atoms with Gasteiger partial charge in [-0.25, -0.2) is 0 Å². The molecule has 1 aromatic rings. The maximum atomic E-state index is 12.8. The van der Waals surface area contributed by atoms with E-state index in [-0.39, 0.29) is 24.7 Å². The molecular formula is C32H50N2O8.